The normalized spacial score (nSPS) is 15.4. The van der Waals surface area contributed by atoms with Gasteiger partial charge in [-0.3, -0.25) is 0 Å². The number of pyridine rings is 1. The van der Waals surface area contributed by atoms with Crippen molar-refractivity contribution in [3.05, 3.63) is 41.3 Å². The highest BCUT2D eigenvalue weighted by Gasteiger charge is 2.35. The summed E-state index contributed by atoms with van der Waals surface area (Å²) >= 11 is 6.35. The van der Waals surface area contributed by atoms with E-state index in [9.17, 15) is 13.2 Å². The number of alkyl halides is 3. The summed E-state index contributed by atoms with van der Waals surface area (Å²) in [4.78, 5) is 9.47. The molecular formula is C22H23ClF3N3O2. The maximum absolute atomic E-state index is 12.5. The zero-order valence-electron chi connectivity index (χ0n) is 17.2. The van der Waals surface area contributed by atoms with Gasteiger partial charge in [-0.2, -0.15) is 0 Å². The van der Waals surface area contributed by atoms with Crippen LogP contribution in [0.2, 0.25) is 5.02 Å². The summed E-state index contributed by atoms with van der Waals surface area (Å²) in [6.45, 7) is 2.70. The summed E-state index contributed by atoms with van der Waals surface area (Å²) in [5.41, 5.74) is 2.75. The molecule has 1 aliphatic carbocycles. The molecule has 31 heavy (non-hydrogen) atoms. The Morgan fingerprint density at radius 3 is 2.61 bits per heavy atom. The van der Waals surface area contributed by atoms with Gasteiger partial charge >= 0.3 is 6.36 Å². The van der Waals surface area contributed by atoms with E-state index < -0.39 is 6.36 Å². The van der Waals surface area contributed by atoms with Gasteiger partial charge in [-0.05, 0) is 49.4 Å². The number of benzene rings is 1. The molecule has 1 unspecified atom stereocenters. The lowest BCUT2D eigenvalue weighted by Crippen LogP contribution is -2.17. The number of imidazole rings is 1. The Kier molecular flexibility index (Phi) is 6.12. The van der Waals surface area contributed by atoms with E-state index in [0.717, 1.165) is 29.9 Å². The van der Waals surface area contributed by atoms with Crippen LogP contribution >= 0.6 is 11.6 Å². The molecule has 9 heteroatoms. The zero-order chi connectivity index (χ0) is 22.2. The third-order valence-electron chi connectivity index (χ3n) is 5.55. The number of rotatable bonds is 8. The van der Waals surface area contributed by atoms with Crippen molar-refractivity contribution in [2.45, 2.75) is 45.0 Å². The predicted octanol–water partition coefficient (Wildman–Crippen LogP) is 6.20. The number of methoxy groups -OCH3 is 1. The van der Waals surface area contributed by atoms with E-state index in [4.69, 9.17) is 21.3 Å². The van der Waals surface area contributed by atoms with Crippen LogP contribution in [0.4, 0.5) is 13.2 Å². The molecule has 0 saturated heterocycles. The molecule has 0 amide bonds. The van der Waals surface area contributed by atoms with Gasteiger partial charge in [0.2, 0.25) is 0 Å². The molecule has 2 heterocycles. The highest BCUT2D eigenvalue weighted by Crippen LogP contribution is 2.44. The summed E-state index contributed by atoms with van der Waals surface area (Å²) in [6, 6.07) is 5.98. The third-order valence-corrected chi connectivity index (χ3v) is 5.86. The van der Waals surface area contributed by atoms with Crippen molar-refractivity contribution < 1.29 is 22.6 Å². The minimum Gasteiger partial charge on any atom is -0.406 e. The molecule has 0 spiro atoms. The van der Waals surface area contributed by atoms with Crippen LogP contribution in [0.25, 0.3) is 22.3 Å². The monoisotopic (exact) mass is 453 g/mol. The first kappa shape index (κ1) is 21.9. The van der Waals surface area contributed by atoms with Crippen LogP contribution in [0, 0.1) is 5.92 Å². The number of aromatic nitrogens is 3. The van der Waals surface area contributed by atoms with Gasteiger partial charge in [0.05, 0.1) is 5.02 Å². The molecule has 0 N–H and O–H groups in total. The largest absolute Gasteiger partial charge is 0.573 e. The summed E-state index contributed by atoms with van der Waals surface area (Å²) in [6.07, 6.45) is 0.857. The van der Waals surface area contributed by atoms with Gasteiger partial charge in [0.15, 0.2) is 5.65 Å². The first-order chi connectivity index (χ1) is 14.8. The lowest BCUT2D eigenvalue weighted by Gasteiger charge is -2.20. The summed E-state index contributed by atoms with van der Waals surface area (Å²) in [7, 11) is 1.70. The molecule has 0 aliphatic heterocycles. The average molecular weight is 454 g/mol. The Labute approximate surface area is 183 Å². The van der Waals surface area contributed by atoms with Crippen LogP contribution < -0.4 is 4.74 Å². The van der Waals surface area contributed by atoms with E-state index in [1.165, 1.54) is 31.0 Å². The van der Waals surface area contributed by atoms with Crippen molar-refractivity contribution in [2.24, 2.45) is 5.92 Å². The van der Waals surface area contributed by atoms with E-state index in [0.29, 0.717) is 23.6 Å². The van der Waals surface area contributed by atoms with Crippen molar-refractivity contribution in [3.63, 3.8) is 0 Å². The summed E-state index contributed by atoms with van der Waals surface area (Å²) < 4.78 is 49.1. The number of hydrogen-bond acceptors (Lipinski definition) is 4. The predicted molar refractivity (Wildman–Crippen MR) is 112 cm³/mol. The third kappa shape index (κ3) is 4.65. The molecule has 4 rings (SSSR count). The fraction of sp³-hybridized carbons (Fsp3) is 0.455. The number of halogens is 4. The van der Waals surface area contributed by atoms with E-state index in [1.807, 2.05) is 6.92 Å². The SMILES string of the molecule is CCc1nc2c(-c3ccc(OC(F)(F)F)cc3Cl)ccnc2n1C(CCOC)C1CC1. The van der Waals surface area contributed by atoms with Crippen LogP contribution in [-0.2, 0) is 11.2 Å². The highest BCUT2D eigenvalue weighted by molar-refractivity contribution is 6.33. The molecule has 1 saturated carbocycles. The average Bonchev–Trinajstić information content (AvgIpc) is 3.48. The zero-order valence-corrected chi connectivity index (χ0v) is 18.0. The lowest BCUT2D eigenvalue weighted by atomic mass is 10.1. The van der Waals surface area contributed by atoms with Crippen LogP contribution in [0.3, 0.4) is 0 Å². The molecular weight excluding hydrogens is 431 g/mol. The van der Waals surface area contributed by atoms with Gasteiger partial charge in [-0.15, -0.1) is 13.2 Å². The van der Waals surface area contributed by atoms with Gasteiger partial charge < -0.3 is 14.0 Å². The molecule has 0 bridgehead atoms. The van der Waals surface area contributed by atoms with E-state index >= 15 is 0 Å². The summed E-state index contributed by atoms with van der Waals surface area (Å²) in [5.74, 6) is 1.14. The molecule has 1 atom stereocenters. The molecule has 1 fully saturated rings. The molecule has 3 aromatic rings. The maximum atomic E-state index is 12.5. The van der Waals surface area contributed by atoms with Crippen LogP contribution in [0.1, 0.15) is 38.1 Å². The Hall–Kier alpha value is -2.32. The van der Waals surface area contributed by atoms with Gasteiger partial charge in [0.1, 0.15) is 17.1 Å². The number of ether oxygens (including phenoxy) is 2. The van der Waals surface area contributed by atoms with Crippen molar-refractivity contribution in [1.82, 2.24) is 14.5 Å². The van der Waals surface area contributed by atoms with Crippen LogP contribution in [-0.4, -0.2) is 34.6 Å². The molecule has 0 radical (unpaired) electrons. The van der Waals surface area contributed by atoms with Crippen LogP contribution in [0.5, 0.6) is 5.75 Å². The topological polar surface area (TPSA) is 49.2 Å². The Bertz CT molecular complexity index is 1080. The molecule has 1 aromatic carbocycles. The van der Waals surface area contributed by atoms with Crippen molar-refractivity contribution in [3.8, 4) is 16.9 Å². The minimum absolute atomic E-state index is 0.153. The number of aryl methyl sites for hydroxylation is 1. The van der Waals surface area contributed by atoms with Gasteiger partial charge in [0.25, 0.3) is 0 Å². The fourth-order valence-electron chi connectivity index (χ4n) is 4.06. The van der Waals surface area contributed by atoms with E-state index in [2.05, 4.69) is 14.3 Å². The molecule has 2 aromatic heterocycles. The maximum Gasteiger partial charge on any atom is 0.573 e. The fourth-order valence-corrected chi connectivity index (χ4v) is 4.33. The Balaban J connectivity index is 1.79. The first-order valence-electron chi connectivity index (χ1n) is 10.2. The van der Waals surface area contributed by atoms with Crippen molar-refractivity contribution >= 4 is 22.8 Å². The Morgan fingerprint density at radius 1 is 1.23 bits per heavy atom. The molecule has 5 nitrogen and oxygen atoms in total. The minimum atomic E-state index is -4.77. The van der Waals surface area contributed by atoms with Crippen molar-refractivity contribution in [1.29, 1.82) is 0 Å². The molecule has 166 valence electrons. The molecule has 1 aliphatic rings. The smallest absolute Gasteiger partial charge is 0.406 e. The van der Waals surface area contributed by atoms with E-state index in [1.54, 1.807) is 19.4 Å². The first-order valence-corrected chi connectivity index (χ1v) is 10.6. The van der Waals surface area contributed by atoms with Crippen LogP contribution in [0.15, 0.2) is 30.5 Å². The highest BCUT2D eigenvalue weighted by atomic mass is 35.5. The van der Waals surface area contributed by atoms with Gasteiger partial charge in [0, 0.05) is 43.5 Å². The van der Waals surface area contributed by atoms with E-state index in [-0.39, 0.29) is 16.8 Å². The standard InChI is InChI=1S/C22H23ClF3N3O2/c1-3-19-28-20-16(15-7-6-14(12-17(15)23)31-22(24,25)26)8-10-27-21(20)29(19)18(9-11-30-2)13-4-5-13/h6-8,10,12-13,18H,3-5,9,11H2,1-2H3. The number of nitrogens with zero attached hydrogens (tertiary/aromatic N) is 3. The Morgan fingerprint density at radius 2 is 2.00 bits per heavy atom. The second-order valence-corrected chi connectivity index (χ2v) is 8.07. The van der Waals surface area contributed by atoms with Crippen molar-refractivity contribution in [2.75, 3.05) is 13.7 Å². The van der Waals surface area contributed by atoms with Gasteiger partial charge in [-0.1, -0.05) is 18.5 Å². The summed E-state index contributed by atoms with van der Waals surface area (Å²) in [5, 5.41) is 0.153. The number of hydrogen-bond donors (Lipinski definition) is 0. The lowest BCUT2D eigenvalue weighted by molar-refractivity contribution is -0.274. The second-order valence-electron chi connectivity index (χ2n) is 7.66. The number of fused-ring (bicyclic) bond motifs is 1. The van der Waals surface area contributed by atoms with Gasteiger partial charge in [-0.25, -0.2) is 9.97 Å². The second kappa shape index (κ2) is 8.67. The quantitative estimate of drug-likeness (QED) is 0.407.